The van der Waals surface area contributed by atoms with Crippen LogP contribution in [0.25, 0.3) is 5.57 Å². The SMILES string of the molecule is C=C(Nc1cccc(CCC(=C)c2ccccc2)c1)C(N=NC)=C(C)C.CC.CCc1ccc(C)cc1. The minimum Gasteiger partial charge on any atom is -0.354 e. The Morgan fingerprint density at radius 1 is 0.838 bits per heavy atom. The van der Waals surface area contributed by atoms with Gasteiger partial charge in [-0.1, -0.05) is 106 Å². The van der Waals surface area contributed by atoms with Crippen molar-refractivity contribution in [3.63, 3.8) is 0 Å². The number of aryl methyl sites for hydroxylation is 3. The van der Waals surface area contributed by atoms with Gasteiger partial charge in [0.15, 0.2) is 0 Å². The fraction of sp³-hybridized carbons (Fsp3) is 0.294. The highest BCUT2D eigenvalue weighted by molar-refractivity contribution is 5.63. The zero-order valence-corrected chi connectivity index (χ0v) is 23.9. The van der Waals surface area contributed by atoms with Crippen molar-refractivity contribution in [2.75, 3.05) is 12.4 Å². The molecule has 0 aliphatic heterocycles. The maximum absolute atomic E-state index is 4.22. The minimum absolute atomic E-state index is 0.751. The Kier molecular flexibility index (Phi) is 15.0. The van der Waals surface area contributed by atoms with Gasteiger partial charge in [0.25, 0.3) is 0 Å². The van der Waals surface area contributed by atoms with E-state index in [1.54, 1.807) is 7.05 Å². The number of benzene rings is 3. The van der Waals surface area contributed by atoms with Crippen LogP contribution in [0.3, 0.4) is 0 Å². The van der Waals surface area contributed by atoms with E-state index >= 15 is 0 Å². The maximum atomic E-state index is 4.22. The number of nitrogens with zero attached hydrogens (tertiary/aromatic N) is 2. The van der Waals surface area contributed by atoms with Gasteiger partial charge in [-0.05, 0) is 80.0 Å². The molecule has 0 saturated carbocycles. The number of rotatable bonds is 9. The van der Waals surface area contributed by atoms with Crippen LogP contribution in [0.5, 0.6) is 0 Å². The van der Waals surface area contributed by atoms with Gasteiger partial charge >= 0.3 is 0 Å². The van der Waals surface area contributed by atoms with Crippen molar-refractivity contribution in [1.29, 1.82) is 0 Å². The first kappa shape index (κ1) is 31.3. The van der Waals surface area contributed by atoms with E-state index in [1.807, 2.05) is 52.0 Å². The van der Waals surface area contributed by atoms with E-state index in [4.69, 9.17) is 0 Å². The number of hydrogen-bond acceptors (Lipinski definition) is 3. The topological polar surface area (TPSA) is 36.8 Å². The Morgan fingerprint density at radius 2 is 1.49 bits per heavy atom. The summed E-state index contributed by atoms with van der Waals surface area (Å²) in [7, 11) is 1.66. The fourth-order valence-corrected chi connectivity index (χ4v) is 3.54. The van der Waals surface area contributed by atoms with Crippen molar-refractivity contribution in [3.8, 4) is 0 Å². The lowest BCUT2D eigenvalue weighted by molar-refractivity contribution is 1.02. The van der Waals surface area contributed by atoms with Crippen LogP contribution >= 0.6 is 0 Å². The van der Waals surface area contributed by atoms with E-state index in [0.717, 1.165) is 47.5 Å². The Labute approximate surface area is 225 Å². The fourth-order valence-electron chi connectivity index (χ4n) is 3.54. The van der Waals surface area contributed by atoms with Crippen LogP contribution < -0.4 is 5.32 Å². The van der Waals surface area contributed by atoms with Crippen molar-refractivity contribution in [3.05, 3.63) is 131 Å². The van der Waals surface area contributed by atoms with E-state index in [-0.39, 0.29) is 0 Å². The standard InChI is InChI=1S/C23H27N3.C9H12.C2H6/c1-17(2)23(26-24-5)19(4)25-22-13-9-10-20(16-22)15-14-18(3)21-11-7-6-8-12-21;1-3-9-6-4-8(2)5-7-9;1-2/h6-13,16,25H,3-4,14-15H2,1-2,5H3;4-7H,3H2,1-2H3;1-2H3. The summed E-state index contributed by atoms with van der Waals surface area (Å²) in [4.78, 5) is 0. The smallest absolute Gasteiger partial charge is 0.107 e. The highest BCUT2D eigenvalue weighted by Gasteiger charge is 2.06. The van der Waals surface area contributed by atoms with Crippen LogP contribution in [0, 0.1) is 6.92 Å². The van der Waals surface area contributed by atoms with Crippen LogP contribution in [0.2, 0.25) is 0 Å². The van der Waals surface area contributed by atoms with Gasteiger partial charge in [0.1, 0.15) is 5.70 Å². The van der Waals surface area contributed by atoms with Gasteiger partial charge in [0, 0.05) is 12.7 Å². The number of hydrogen-bond donors (Lipinski definition) is 1. The summed E-state index contributed by atoms with van der Waals surface area (Å²) in [6, 6.07) is 27.4. The van der Waals surface area contributed by atoms with E-state index < -0.39 is 0 Å². The van der Waals surface area contributed by atoms with E-state index in [2.05, 4.69) is 97.1 Å². The molecular formula is C34H45N3. The molecule has 3 rings (SSSR count). The summed E-state index contributed by atoms with van der Waals surface area (Å²) in [6.45, 7) is 20.6. The summed E-state index contributed by atoms with van der Waals surface area (Å²) in [6.07, 6.45) is 3.01. The lowest BCUT2D eigenvalue weighted by Crippen LogP contribution is -2.02. The van der Waals surface area contributed by atoms with Gasteiger partial charge in [0.2, 0.25) is 0 Å². The van der Waals surface area contributed by atoms with Gasteiger partial charge in [-0.15, -0.1) is 0 Å². The normalized spacial score (nSPS) is 9.92. The monoisotopic (exact) mass is 495 g/mol. The first-order valence-electron chi connectivity index (χ1n) is 13.1. The van der Waals surface area contributed by atoms with Crippen molar-refractivity contribution in [2.45, 2.75) is 60.8 Å². The molecule has 0 saturated heterocycles. The number of allylic oxidation sites excluding steroid dienone is 2. The molecule has 3 aromatic carbocycles. The molecule has 0 atom stereocenters. The Hall–Kier alpha value is -3.72. The van der Waals surface area contributed by atoms with Gasteiger partial charge in [-0.25, -0.2) is 0 Å². The third kappa shape index (κ3) is 11.7. The van der Waals surface area contributed by atoms with Gasteiger partial charge in [-0.3, -0.25) is 0 Å². The molecule has 0 spiro atoms. The molecule has 0 fully saturated rings. The minimum atomic E-state index is 0.751. The Morgan fingerprint density at radius 3 is 2.05 bits per heavy atom. The van der Waals surface area contributed by atoms with Crippen LogP contribution in [0.4, 0.5) is 5.69 Å². The highest BCUT2D eigenvalue weighted by Crippen LogP contribution is 2.22. The average molecular weight is 496 g/mol. The van der Waals surface area contributed by atoms with E-state index in [9.17, 15) is 0 Å². The van der Waals surface area contributed by atoms with E-state index in [1.165, 1.54) is 22.3 Å². The molecule has 3 heteroatoms. The molecule has 0 aliphatic carbocycles. The van der Waals surface area contributed by atoms with E-state index in [0.29, 0.717) is 0 Å². The Balaban J connectivity index is 0.000000519. The maximum Gasteiger partial charge on any atom is 0.107 e. The molecule has 0 amide bonds. The third-order valence-corrected chi connectivity index (χ3v) is 5.61. The molecule has 0 bridgehead atoms. The molecule has 1 N–H and O–H groups in total. The van der Waals surface area contributed by atoms with Crippen LogP contribution in [-0.4, -0.2) is 7.05 Å². The van der Waals surface area contributed by atoms with Gasteiger partial charge in [-0.2, -0.15) is 10.2 Å². The van der Waals surface area contributed by atoms with Crippen molar-refractivity contribution in [1.82, 2.24) is 0 Å². The molecule has 0 aliphatic rings. The summed E-state index contributed by atoms with van der Waals surface area (Å²) >= 11 is 0. The van der Waals surface area contributed by atoms with Crippen LogP contribution in [0.1, 0.15) is 63.3 Å². The lowest BCUT2D eigenvalue weighted by atomic mass is 9.99. The zero-order chi connectivity index (χ0) is 27.6. The largest absolute Gasteiger partial charge is 0.354 e. The van der Waals surface area contributed by atoms with Gasteiger partial charge < -0.3 is 5.32 Å². The molecule has 0 unspecified atom stereocenters. The average Bonchev–Trinajstić information content (AvgIpc) is 2.92. The third-order valence-electron chi connectivity index (χ3n) is 5.61. The second-order valence-electron chi connectivity index (χ2n) is 8.76. The second kappa shape index (κ2) is 17.7. The van der Waals surface area contributed by atoms with Crippen molar-refractivity contribution < 1.29 is 0 Å². The molecule has 0 heterocycles. The summed E-state index contributed by atoms with van der Waals surface area (Å²) in [5, 5.41) is 11.4. The molecule has 37 heavy (non-hydrogen) atoms. The summed E-state index contributed by atoms with van der Waals surface area (Å²) in [5.74, 6) is 0. The highest BCUT2D eigenvalue weighted by atomic mass is 15.1. The van der Waals surface area contributed by atoms with Crippen molar-refractivity contribution >= 4 is 11.3 Å². The van der Waals surface area contributed by atoms with Crippen molar-refractivity contribution in [2.24, 2.45) is 10.2 Å². The predicted molar refractivity (Wildman–Crippen MR) is 164 cm³/mol. The lowest BCUT2D eigenvalue weighted by Gasteiger charge is -2.12. The molecule has 3 aromatic rings. The van der Waals surface area contributed by atoms with Crippen LogP contribution in [-0.2, 0) is 12.8 Å². The molecule has 196 valence electrons. The van der Waals surface area contributed by atoms with Gasteiger partial charge in [0.05, 0.1) is 5.70 Å². The number of nitrogens with one attached hydrogen (secondary N) is 1. The van der Waals surface area contributed by atoms with Crippen LogP contribution in [0.15, 0.2) is 119 Å². The first-order chi connectivity index (χ1) is 17.8. The zero-order valence-electron chi connectivity index (χ0n) is 23.9. The molecule has 0 aromatic heterocycles. The second-order valence-corrected chi connectivity index (χ2v) is 8.76. The summed E-state index contributed by atoms with van der Waals surface area (Å²) in [5.41, 5.74) is 9.99. The molecule has 0 radical (unpaired) electrons. The number of azo groups is 1. The Bertz CT molecular complexity index is 1150. The molecule has 3 nitrogen and oxygen atoms in total. The quantitative estimate of drug-likeness (QED) is 0.233. The summed E-state index contributed by atoms with van der Waals surface area (Å²) < 4.78 is 0. The predicted octanol–water partition coefficient (Wildman–Crippen LogP) is 10.2. The molecular weight excluding hydrogens is 450 g/mol. The first-order valence-corrected chi connectivity index (χ1v) is 13.1. The number of anilines is 1.